The van der Waals surface area contributed by atoms with Crippen molar-refractivity contribution in [3.05, 3.63) is 29.1 Å². The van der Waals surface area contributed by atoms with Crippen LogP contribution in [0.5, 0.6) is 0 Å². The van der Waals surface area contributed by atoms with Crippen LogP contribution in [-0.4, -0.2) is 15.6 Å². The first kappa shape index (κ1) is 12.1. The van der Waals surface area contributed by atoms with Gasteiger partial charge in [-0.25, -0.2) is 0 Å². The first-order valence-corrected chi connectivity index (χ1v) is 6.49. The summed E-state index contributed by atoms with van der Waals surface area (Å²) in [5, 5.41) is 4.34. The van der Waals surface area contributed by atoms with Gasteiger partial charge in [0, 0.05) is 7.05 Å². The van der Waals surface area contributed by atoms with Gasteiger partial charge in [-0.2, -0.15) is 5.10 Å². The van der Waals surface area contributed by atoms with Crippen LogP contribution < -0.4 is 0 Å². The maximum atomic E-state index is 12.4. The molecular formula is C14H20N2O. The van der Waals surface area contributed by atoms with E-state index in [4.69, 9.17) is 0 Å². The van der Waals surface area contributed by atoms with Gasteiger partial charge < -0.3 is 0 Å². The van der Waals surface area contributed by atoms with E-state index in [1.165, 1.54) is 12.8 Å². The van der Waals surface area contributed by atoms with Gasteiger partial charge in [0.05, 0.1) is 5.69 Å². The van der Waals surface area contributed by atoms with Crippen molar-refractivity contribution >= 4 is 5.78 Å². The number of Topliss-reactive ketones (excluding diaryl/α,β-unsaturated/α-hetero) is 1. The second kappa shape index (κ2) is 5.30. The fourth-order valence-electron chi connectivity index (χ4n) is 2.30. The van der Waals surface area contributed by atoms with E-state index in [1.54, 1.807) is 4.68 Å². The number of aryl methyl sites for hydroxylation is 2. The monoisotopic (exact) mass is 232 g/mol. The second-order valence-electron chi connectivity index (χ2n) is 4.66. The van der Waals surface area contributed by atoms with E-state index in [9.17, 15) is 4.79 Å². The van der Waals surface area contributed by atoms with Crippen LogP contribution in [0.1, 0.15) is 55.2 Å². The van der Waals surface area contributed by atoms with E-state index in [-0.39, 0.29) is 5.78 Å². The molecule has 17 heavy (non-hydrogen) atoms. The van der Waals surface area contributed by atoms with E-state index in [0.29, 0.717) is 0 Å². The Balaban J connectivity index is 2.23. The number of allylic oxidation sites excluding steroid dienone is 2. The maximum Gasteiger partial charge on any atom is 0.206 e. The Kier molecular flexibility index (Phi) is 3.77. The summed E-state index contributed by atoms with van der Waals surface area (Å²) < 4.78 is 1.72. The van der Waals surface area contributed by atoms with Crippen LogP contribution in [0.4, 0.5) is 0 Å². The van der Waals surface area contributed by atoms with Gasteiger partial charge in [0.2, 0.25) is 5.78 Å². The fraction of sp³-hybridized carbons (Fsp3) is 0.571. The molecule has 2 rings (SSSR count). The summed E-state index contributed by atoms with van der Waals surface area (Å²) in [5.74, 6) is 0.168. The predicted molar refractivity (Wildman–Crippen MR) is 68.1 cm³/mol. The van der Waals surface area contributed by atoms with Gasteiger partial charge >= 0.3 is 0 Å². The summed E-state index contributed by atoms with van der Waals surface area (Å²) in [4.78, 5) is 12.4. The summed E-state index contributed by atoms with van der Waals surface area (Å²) in [5.41, 5.74) is 2.70. The Morgan fingerprint density at radius 3 is 2.94 bits per heavy atom. The number of nitrogens with zero attached hydrogens (tertiary/aromatic N) is 2. The van der Waals surface area contributed by atoms with Gasteiger partial charge in [-0.15, -0.1) is 0 Å². The summed E-state index contributed by atoms with van der Waals surface area (Å²) in [7, 11) is 1.85. The van der Waals surface area contributed by atoms with Gasteiger partial charge in [0.15, 0.2) is 0 Å². The minimum atomic E-state index is 0.168. The molecule has 1 aliphatic carbocycles. The lowest BCUT2D eigenvalue weighted by molar-refractivity contribution is 0.102. The predicted octanol–water partition coefficient (Wildman–Crippen LogP) is 3.06. The van der Waals surface area contributed by atoms with Crippen LogP contribution in [0.2, 0.25) is 0 Å². The van der Waals surface area contributed by atoms with Crippen LogP contribution in [0.15, 0.2) is 17.7 Å². The standard InChI is InChI=1S/C14H20N2O/c1-3-12-10-13(16(2)15-12)14(17)11-8-6-4-5-7-9-11/h8,10H,3-7,9H2,1-2H3. The molecule has 1 aliphatic rings. The number of hydrogen-bond acceptors (Lipinski definition) is 2. The largest absolute Gasteiger partial charge is 0.287 e. The van der Waals surface area contributed by atoms with Gasteiger partial charge in [0.25, 0.3) is 0 Å². The first-order chi connectivity index (χ1) is 8.22. The van der Waals surface area contributed by atoms with E-state index < -0.39 is 0 Å². The minimum Gasteiger partial charge on any atom is -0.287 e. The molecule has 0 spiro atoms. The highest BCUT2D eigenvalue weighted by Gasteiger charge is 2.17. The van der Waals surface area contributed by atoms with Crippen LogP contribution in [0.3, 0.4) is 0 Å². The first-order valence-electron chi connectivity index (χ1n) is 6.49. The van der Waals surface area contributed by atoms with Crippen LogP contribution >= 0.6 is 0 Å². The van der Waals surface area contributed by atoms with Gasteiger partial charge in [-0.1, -0.05) is 19.4 Å². The van der Waals surface area contributed by atoms with Gasteiger partial charge in [0.1, 0.15) is 5.69 Å². The Bertz CT molecular complexity index is 443. The van der Waals surface area contributed by atoms with Crippen LogP contribution in [0, 0.1) is 0 Å². The van der Waals surface area contributed by atoms with Crippen molar-refractivity contribution in [3.8, 4) is 0 Å². The van der Waals surface area contributed by atoms with E-state index in [1.807, 2.05) is 13.1 Å². The third-order valence-corrected chi connectivity index (χ3v) is 3.36. The average Bonchev–Trinajstić information content (AvgIpc) is 2.56. The summed E-state index contributed by atoms with van der Waals surface area (Å²) in [6.07, 6.45) is 8.54. The van der Waals surface area contributed by atoms with Crippen molar-refractivity contribution < 1.29 is 4.79 Å². The molecule has 0 bridgehead atoms. The highest BCUT2D eigenvalue weighted by molar-refractivity contribution is 6.07. The van der Waals surface area contributed by atoms with Crippen molar-refractivity contribution in [2.45, 2.75) is 45.4 Å². The molecule has 0 fully saturated rings. The normalized spacial score (nSPS) is 16.5. The molecule has 0 unspecified atom stereocenters. The molecule has 0 N–H and O–H groups in total. The molecular weight excluding hydrogens is 212 g/mol. The smallest absolute Gasteiger partial charge is 0.206 e. The molecule has 0 saturated carbocycles. The van der Waals surface area contributed by atoms with Crippen molar-refractivity contribution in [2.75, 3.05) is 0 Å². The highest BCUT2D eigenvalue weighted by Crippen LogP contribution is 2.21. The Morgan fingerprint density at radius 1 is 1.41 bits per heavy atom. The van der Waals surface area contributed by atoms with Crippen molar-refractivity contribution in [1.82, 2.24) is 9.78 Å². The molecule has 0 amide bonds. The topological polar surface area (TPSA) is 34.9 Å². The van der Waals surface area contributed by atoms with E-state index >= 15 is 0 Å². The highest BCUT2D eigenvalue weighted by atomic mass is 16.1. The molecule has 3 heteroatoms. The van der Waals surface area contributed by atoms with Gasteiger partial charge in [-0.3, -0.25) is 9.48 Å². The van der Waals surface area contributed by atoms with Crippen molar-refractivity contribution in [3.63, 3.8) is 0 Å². The third kappa shape index (κ3) is 2.65. The number of hydrogen-bond donors (Lipinski definition) is 0. The number of rotatable bonds is 3. The second-order valence-corrected chi connectivity index (χ2v) is 4.66. The molecule has 92 valence electrons. The number of aromatic nitrogens is 2. The SMILES string of the molecule is CCc1cc(C(=O)C2=CCCCCC2)n(C)n1. The fourth-order valence-corrected chi connectivity index (χ4v) is 2.30. The number of carbonyl (C=O) groups excluding carboxylic acids is 1. The number of carbonyl (C=O) groups is 1. The Labute approximate surface area is 103 Å². The molecule has 0 aliphatic heterocycles. The summed E-state index contributed by atoms with van der Waals surface area (Å²) >= 11 is 0. The van der Waals surface area contributed by atoms with Crippen LogP contribution in [-0.2, 0) is 13.5 Å². The molecule has 1 aromatic heterocycles. The van der Waals surface area contributed by atoms with Crippen molar-refractivity contribution in [1.29, 1.82) is 0 Å². The van der Waals surface area contributed by atoms with Crippen molar-refractivity contribution in [2.24, 2.45) is 7.05 Å². The van der Waals surface area contributed by atoms with Gasteiger partial charge in [-0.05, 0) is 43.7 Å². The van der Waals surface area contributed by atoms with E-state index in [2.05, 4.69) is 18.1 Å². The Morgan fingerprint density at radius 2 is 2.24 bits per heavy atom. The lowest BCUT2D eigenvalue weighted by Gasteiger charge is -2.04. The summed E-state index contributed by atoms with van der Waals surface area (Å²) in [6, 6.07) is 1.92. The zero-order chi connectivity index (χ0) is 12.3. The molecule has 3 nitrogen and oxygen atoms in total. The molecule has 0 atom stereocenters. The molecule has 0 aromatic carbocycles. The quantitative estimate of drug-likeness (QED) is 0.751. The minimum absolute atomic E-state index is 0.168. The lowest BCUT2D eigenvalue weighted by Crippen LogP contribution is -2.09. The number of ketones is 1. The average molecular weight is 232 g/mol. The molecule has 0 saturated heterocycles. The zero-order valence-electron chi connectivity index (χ0n) is 10.7. The third-order valence-electron chi connectivity index (χ3n) is 3.36. The Hall–Kier alpha value is -1.38. The molecule has 0 radical (unpaired) electrons. The maximum absolute atomic E-state index is 12.4. The van der Waals surface area contributed by atoms with E-state index in [0.717, 1.165) is 42.6 Å². The molecule has 1 heterocycles. The summed E-state index contributed by atoms with van der Waals surface area (Å²) in [6.45, 7) is 2.06. The molecule has 1 aromatic rings. The van der Waals surface area contributed by atoms with Crippen LogP contribution in [0.25, 0.3) is 0 Å². The zero-order valence-corrected chi connectivity index (χ0v) is 10.7. The lowest BCUT2D eigenvalue weighted by atomic mass is 10.0.